The molecule has 0 bridgehead atoms. The topological polar surface area (TPSA) is 114 Å². The van der Waals surface area contributed by atoms with Crippen LogP contribution in [0.4, 0.5) is 20.3 Å². The van der Waals surface area contributed by atoms with E-state index in [9.17, 15) is 28.3 Å². The number of carboxylic acids is 1. The minimum absolute atomic E-state index is 0.0824. The number of nitrogen functional groups attached to an aromatic ring is 1. The van der Waals surface area contributed by atoms with E-state index in [2.05, 4.69) is 11.4 Å². The summed E-state index contributed by atoms with van der Waals surface area (Å²) < 4.78 is 28.7. The Morgan fingerprint density at radius 1 is 0.951 bits per heavy atom. The van der Waals surface area contributed by atoms with Gasteiger partial charge in [-0.1, -0.05) is 43.2 Å². The fourth-order valence-electron chi connectivity index (χ4n) is 5.51. The molecule has 5 rings (SSSR count). The summed E-state index contributed by atoms with van der Waals surface area (Å²) in [4.78, 5) is 37.2. The van der Waals surface area contributed by atoms with Crippen molar-refractivity contribution in [3.8, 4) is 5.69 Å². The van der Waals surface area contributed by atoms with Crippen LogP contribution < -0.4 is 16.6 Å². The maximum Gasteiger partial charge on any atom is 0.307 e. The second-order valence-corrected chi connectivity index (χ2v) is 10.2. The van der Waals surface area contributed by atoms with Gasteiger partial charge in [0.2, 0.25) is 0 Å². The average Bonchev–Trinajstić information content (AvgIpc) is 3.47. The number of benzene rings is 3. The number of hydrogen-bond donors (Lipinski definition) is 3. The summed E-state index contributed by atoms with van der Waals surface area (Å²) in [6, 6.07) is 17.8. The first-order chi connectivity index (χ1) is 19.7. The number of ketones is 1. The van der Waals surface area contributed by atoms with Gasteiger partial charge in [-0.15, -0.1) is 0 Å². The molecule has 41 heavy (non-hydrogen) atoms. The summed E-state index contributed by atoms with van der Waals surface area (Å²) >= 11 is 0. The van der Waals surface area contributed by atoms with Crippen LogP contribution in [0, 0.1) is 11.6 Å². The van der Waals surface area contributed by atoms with Crippen molar-refractivity contribution in [2.24, 2.45) is 0 Å². The summed E-state index contributed by atoms with van der Waals surface area (Å²) in [7, 11) is 0. The molecule has 0 spiro atoms. The highest BCUT2D eigenvalue weighted by Gasteiger charge is 2.23. The highest BCUT2D eigenvalue weighted by molar-refractivity contribution is 6.11. The minimum Gasteiger partial charge on any atom is -0.481 e. The number of carbonyl (C=O) groups excluding carboxylic acids is 1. The second kappa shape index (κ2) is 11.8. The molecule has 1 aliphatic carbocycles. The number of rotatable bonds is 9. The van der Waals surface area contributed by atoms with Crippen LogP contribution in [0.1, 0.15) is 64.2 Å². The van der Waals surface area contributed by atoms with Gasteiger partial charge in [0.25, 0.3) is 5.56 Å². The molecule has 1 aliphatic rings. The summed E-state index contributed by atoms with van der Waals surface area (Å²) in [5.74, 6) is -3.28. The van der Waals surface area contributed by atoms with Crippen molar-refractivity contribution in [2.75, 3.05) is 11.1 Å². The Balaban J connectivity index is 1.40. The van der Waals surface area contributed by atoms with Crippen LogP contribution >= 0.6 is 0 Å². The van der Waals surface area contributed by atoms with Gasteiger partial charge in [-0.05, 0) is 65.8 Å². The number of hydrogen-bond acceptors (Lipinski definition) is 5. The third kappa shape index (κ3) is 5.89. The molecule has 7 nitrogen and oxygen atoms in total. The van der Waals surface area contributed by atoms with Gasteiger partial charge < -0.3 is 16.2 Å². The summed E-state index contributed by atoms with van der Waals surface area (Å²) in [6.07, 6.45) is 4.38. The van der Waals surface area contributed by atoms with E-state index >= 15 is 0 Å². The normalized spacial score (nSPS) is 13.3. The van der Waals surface area contributed by atoms with Crippen LogP contribution in [-0.2, 0) is 17.8 Å². The molecule has 0 saturated heterocycles. The molecule has 3 aromatic carbocycles. The highest BCUT2D eigenvalue weighted by Crippen LogP contribution is 2.39. The Morgan fingerprint density at radius 2 is 1.66 bits per heavy atom. The van der Waals surface area contributed by atoms with Crippen LogP contribution in [-0.4, -0.2) is 21.4 Å². The van der Waals surface area contributed by atoms with Crippen LogP contribution in [0.2, 0.25) is 0 Å². The molecule has 210 valence electrons. The number of pyridine rings is 1. The summed E-state index contributed by atoms with van der Waals surface area (Å²) in [5.41, 5.74) is 9.31. The SMILES string of the molecule is Nc1c(C(=O)c2ccc(F)cc2F)ccc(=O)n1-c1ccc(CNc2c(CC(=O)O)cccc2C2CCCC2)cc1. The molecule has 0 radical (unpaired) electrons. The van der Waals surface area contributed by atoms with E-state index in [1.165, 1.54) is 12.1 Å². The molecule has 4 aromatic rings. The maximum absolute atomic E-state index is 14.3. The zero-order valence-corrected chi connectivity index (χ0v) is 22.2. The van der Waals surface area contributed by atoms with E-state index in [0.717, 1.165) is 64.8 Å². The smallest absolute Gasteiger partial charge is 0.307 e. The molecule has 9 heteroatoms. The lowest BCUT2D eigenvalue weighted by molar-refractivity contribution is -0.136. The molecule has 0 amide bonds. The van der Waals surface area contributed by atoms with Gasteiger partial charge in [0.05, 0.1) is 23.2 Å². The monoisotopic (exact) mass is 557 g/mol. The Hall–Kier alpha value is -4.79. The summed E-state index contributed by atoms with van der Waals surface area (Å²) in [6.45, 7) is 0.420. The quantitative estimate of drug-likeness (QED) is 0.223. The van der Waals surface area contributed by atoms with Gasteiger partial charge >= 0.3 is 5.97 Å². The first-order valence-electron chi connectivity index (χ1n) is 13.4. The molecule has 0 atom stereocenters. The fourth-order valence-corrected chi connectivity index (χ4v) is 5.51. The van der Waals surface area contributed by atoms with Crippen LogP contribution in [0.15, 0.2) is 77.6 Å². The predicted octanol–water partition coefficient (Wildman–Crippen LogP) is 5.83. The van der Waals surface area contributed by atoms with Crippen molar-refractivity contribution in [1.29, 1.82) is 0 Å². The Bertz CT molecular complexity index is 1680. The molecular formula is C32H29F2N3O4. The largest absolute Gasteiger partial charge is 0.481 e. The van der Waals surface area contributed by atoms with Crippen LogP contribution in [0.3, 0.4) is 0 Å². The maximum atomic E-state index is 14.3. The van der Waals surface area contributed by atoms with Crippen molar-refractivity contribution >= 4 is 23.3 Å². The number of nitrogens with one attached hydrogen (secondary N) is 1. The molecular weight excluding hydrogens is 528 g/mol. The third-order valence-electron chi connectivity index (χ3n) is 7.53. The fraction of sp³-hybridized carbons (Fsp3) is 0.219. The van der Waals surface area contributed by atoms with Crippen molar-refractivity contribution in [1.82, 2.24) is 4.57 Å². The Labute approximate surface area is 235 Å². The van der Waals surface area contributed by atoms with Crippen LogP contribution in [0.5, 0.6) is 0 Å². The second-order valence-electron chi connectivity index (χ2n) is 10.2. The molecule has 0 aliphatic heterocycles. The van der Waals surface area contributed by atoms with Crippen molar-refractivity contribution in [3.05, 3.63) is 123 Å². The lowest BCUT2D eigenvalue weighted by atomic mass is 9.92. The third-order valence-corrected chi connectivity index (χ3v) is 7.53. The average molecular weight is 558 g/mol. The zero-order chi connectivity index (χ0) is 29.1. The van der Waals surface area contributed by atoms with Crippen LogP contribution in [0.25, 0.3) is 5.69 Å². The molecule has 1 heterocycles. The molecule has 1 aromatic heterocycles. The van der Waals surface area contributed by atoms with Gasteiger partial charge in [-0.3, -0.25) is 19.0 Å². The number of aromatic nitrogens is 1. The van der Waals surface area contributed by atoms with E-state index in [1.54, 1.807) is 24.3 Å². The lowest BCUT2D eigenvalue weighted by Gasteiger charge is -2.20. The van der Waals surface area contributed by atoms with Gasteiger partial charge in [0.1, 0.15) is 17.5 Å². The number of anilines is 2. The van der Waals surface area contributed by atoms with E-state index < -0.39 is 28.9 Å². The molecule has 1 saturated carbocycles. The Morgan fingerprint density at radius 3 is 2.34 bits per heavy atom. The van der Waals surface area contributed by atoms with Crippen molar-refractivity contribution in [2.45, 2.75) is 44.6 Å². The van der Waals surface area contributed by atoms with Crippen molar-refractivity contribution in [3.63, 3.8) is 0 Å². The number of halogens is 2. The molecule has 0 unspecified atom stereocenters. The number of aliphatic carboxylic acids is 1. The first kappa shape index (κ1) is 27.8. The zero-order valence-electron chi connectivity index (χ0n) is 22.2. The van der Waals surface area contributed by atoms with E-state index in [1.807, 2.05) is 12.1 Å². The number of carboxylic acid groups (broad SMARTS) is 1. The highest BCUT2D eigenvalue weighted by atomic mass is 19.1. The predicted molar refractivity (Wildman–Crippen MR) is 153 cm³/mol. The lowest BCUT2D eigenvalue weighted by Crippen LogP contribution is -2.23. The number of para-hydroxylation sites is 1. The number of nitrogens with zero attached hydrogens (tertiary/aromatic N) is 1. The first-order valence-corrected chi connectivity index (χ1v) is 13.4. The number of nitrogens with two attached hydrogens (primary N) is 1. The van der Waals surface area contributed by atoms with E-state index in [4.69, 9.17) is 5.73 Å². The van der Waals surface area contributed by atoms with Crippen molar-refractivity contribution < 1.29 is 23.5 Å². The van der Waals surface area contributed by atoms with Gasteiger partial charge in [0.15, 0.2) is 5.78 Å². The molecule has 1 fully saturated rings. The minimum atomic E-state index is -1.02. The van der Waals surface area contributed by atoms with Gasteiger partial charge in [0, 0.05) is 24.4 Å². The summed E-state index contributed by atoms with van der Waals surface area (Å²) in [5, 5.41) is 12.9. The Kier molecular flexibility index (Phi) is 7.96. The van der Waals surface area contributed by atoms with E-state index in [0.29, 0.717) is 24.2 Å². The van der Waals surface area contributed by atoms with Gasteiger partial charge in [-0.2, -0.15) is 0 Å². The number of carbonyl (C=O) groups is 2. The van der Waals surface area contributed by atoms with E-state index in [-0.39, 0.29) is 23.4 Å². The van der Waals surface area contributed by atoms with Gasteiger partial charge in [-0.25, -0.2) is 8.78 Å². The standard InChI is InChI=1S/C32H29F2N3O4/c33-22-10-13-25(27(34)17-22)31(41)26-14-15-28(38)37(32(26)35)23-11-8-19(9-12-23)18-36-30-21(16-29(39)40)6-3-7-24(30)20-4-1-2-5-20/h3,6-15,17,20,36H,1-2,4-5,16,18,35H2,(H,39,40). The molecule has 4 N–H and O–H groups in total.